The summed E-state index contributed by atoms with van der Waals surface area (Å²) >= 11 is 0. The summed E-state index contributed by atoms with van der Waals surface area (Å²) in [4.78, 5) is 11.9. The zero-order valence-electron chi connectivity index (χ0n) is 16.7. The first kappa shape index (κ1) is 18.7. The number of aliphatic hydroxyl groups excluding tert-OH is 1. The van der Waals surface area contributed by atoms with E-state index in [9.17, 15) is 5.11 Å². The van der Waals surface area contributed by atoms with E-state index in [-0.39, 0.29) is 12.6 Å². The van der Waals surface area contributed by atoms with Crippen molar-refractivity contribution in [2.75, 3.05) is 31.3 Å². The van der Waals surface area contributed by atoms with Gasteiger partial charge in [0.15, 0.2) is 0 Å². The number of H-pyrrole nitrogens is 1. The summed E-state index contributed by atoms with van der Waals surface area (Å²) in [7, 11) is 0. The molecule has 4 aromatic rings. The van der Waals surface area contributed by atoms with Crippen molar-refractivity contribution in [2.45, 2.75) is 19.5 Å². The van der Waals surface area contributed by atoms with Crippen molar-refractivity contribution < 1.29 is 9.84 Å². The molecule has 0 amide bonds. The molecular formula is C21H23N7O2. The number of fused-ring (bicyclic) bond motifs is 1. The van der Waals surface area contributed by atoms with Gasteiger partial charge in [-0.05, 0) is 30.7 Å². The molecule has 1 aliphatic heterocycles. The van der Waals surface area contributed by atoms with Crippen LogP contribution in [0.25, 0.3) is 33.4 Å². The number of morpholine rings is 1. The van der Waals surface area contributed by atoms with Crippen molar-refractivity contribution in [3.05, 3.63) is 43.0 Å². The van der Waals surface area contributed by atoms with E-state index in [4.69, 9.17) is 9.72 Å². The molecule has 1 saturated heterocycles. The van der Waals surface area contributed by atoms with Crippen molar-refractivity contribution in [3.8, 4) is 22.5 Å². The van der Waals surface area contributed by atoms with Crippen LogP contribution < -0.4 is 4.90 Å². The van der Waals surface area contributed by atoms with Gasteiger partial charge < -0.3 is 14.7 Å². The average Bonchev–Trinajstić information content (AvgIpc) is 3.46. The second-order valence-corrected chi connectivity index (χ2v) is 7.39. The Kier molecular flexibility index (Phi) is 4.89. The Balaban J connectivity index is 1.73. The lowest BCUT2D eigenvalue weighted by Gasteiger charge is -2.34. The zero-order chi connectivity index (χ0) is 20.5. The van der Waals surface area contributed by atoms with E-state index in [0.29, 0.717) is 19.8 Å². The Morgan fingerprint density at radius 2 is 2.23 bits per heavy atom. The summed E-state index contributed by atoms with van der Waals surface area (Å²) < 4.78 is 7.36. The number of ether oxygens (including phenoxy) is 1. The van der Waals surface area contributed by atoms with Crippen molar-refractivity contribution in [1.29, 1.82) is 0 Å². The number of nitrogens with one attached hydrogen (secondary N) is 1. The molecule has 1 fully saturated rings. The van der Waals surface area contributed by atoms with E-state index in [2.05, 4.69) is 38.2 Å². The van der Waals surface area contributed by atoms with Gasteiger partial charge in [0, 0.05) is 36.1 Å². The normalized spacial score (nSPS) is 17.0. The number of aliphatic hydroxyl groups is 1. The molecule has 0 saturated carbocycles. The van der Waals surface area contributed by atoms with Crippen LogP contribution in [0.5, 0.6) is 0 Å². The predicted molar refractivity (Wildman–Crippen MR) is 113 cm³/mol. The Morgan fingerprint density at radius 3 is 3.03 bits per heavy atom. The summed E-state index contributed by atoms with van der Waals surface area (Å²) in [6, 6.07) is 6.21. The van der Waals surface area contributed by atoms with Crippen LogP contribution >= 0.6 is 0 Å². The molecule has 0 radical (unpaired) electrons. The van der Waals surface area contributed by atoms with Gasteiger partial charge in [0.1, 0.15) is 17.0 Å². The SMILES string of the molecule is C[C@@H]1COCCN1c1cc(-c2cnn(CCO)c2)c2ccnc(-c3ccn[nH]3)c2n1. The summed E-state index contributed by atoms with van der Waals surface area (Å²) in [6.45, 7) is 4.77. The van der Waals surface area contributed by atoms with Gasteiger partial charge in [-0.2, -0.15) is 10.2 Å². The zero-order valence-corrected chi connectivity index (χ0v) is 16.7. The minimum Gasteiger partial charge on any atom is -0.394 e. The van der Waals surface area contributed by atoms with E-state index in [1.165, 1.54) is 0 Å². The molecule has 4 aromatic heterocycles. The summed E-state index contributed by atoms with van der Waals surface area (Å²) in [5.74, 6) is 0.886. The fourth-order valence-corrected chi connectivity index (χ4v) is 3.90. The maximum atomic E-state index is 9.25. The lowest BCUT2D eigenvalue weighted by molar-refractivity contribution is 0.0986. The molecule has 0 spiro atoms. The maximum Gasteiger partial charge on any atom is 0.130 e. The van der Waals surface area contributed by atoms with Crippen LogP contribution in [0.3, 0.4) is 0 Å². The van der Waals surface area contributed by atoms with Crippen LogP contribution in [0, 0.1) is 0 Å². The number of pyridine rings is 2. The molecule has 9 heteroatoms. The smallest absolute Gasteiger partial charge is 0.130 e. The highest BCUT2D eigenvalue weighted by Crippen LogP contribution is 2.35. The monoisotopic (exact) mass is 405 g/mol. The van der Waals surface area contributed by atoms with Crippen LogP contribution in [-0.4, -0.2) is 67.5 Å². The highest BCUT2D eigenvalue weighted by molar-refractivity contribution is 6.01. The molecule has 0 aliphatic carbocycles. The van der Waals surface area contributed by atoms with Crippen LogP contribution in [0.1, 0.15) is 6.92 Å². The van der Waals surface area contributed by atoms with Crippen LogP contribution in [-0.2, 0) is 11.3 Å². The fraction of sp³-hybridized carbons (Fsp3) is 0.333. The molecular weight excluding hydrogens is 382 g/mol. The van der Waals surface area contributed by atoms with Crippen molar-refractivity contribution in [3.63, 3.8) is 0 Å². The van der Waals surface area contributed by atoms with Crippen LogP contribution in [0.15, 0.2) is 43.0 Å². The van der Waals surface area contributed by atoms with Crippen LogP contribution in [0.2, 0.25) is 0 Å². The van der Waals surface area contributed by atoms with E-state index in [0.717, 1.165) is 45.8 Å². The Morgan fingerprint density at radius 1 is 1.30 bits per heavy atom. The number of rotatable bonds is 5. The minimum absolute atomic E-state index is 0.0443. The highest BCUT2D eigenvalue weighted by atomic mass is 16.5. The van der Waals surface area contributed by atoms with E-state index >= 15 is 0 Å². The quantitative estimate of drug-likeness (QED) is 0.524. The fourth-order valence-electron chi connectivity index (χ4n) is 3.90. The van der Waals surface area contributed by atoms with E-state index in [1.54, 1.807) is 17.1 Å². The second kappa shape index (κ2) is 7.85. The summed E-state index contributed by atoms with van der Waals surface area (Å²) in [6.07, 6.45) is 7.28. The largest absolute Gasteiger partial charge is 0.394 e. The van der Waals surface area contributed by atoms with Gasteiger partial charge in [-0.1, -0.05) is 0 Å². The molecule has 0 aromatic carbocycles. The Labute approximate surface area is 173 Å². The van der Waals surface area contributed by atoms with Gasteiger partial charge in [-0.15, -0.1) is 0 Å². The predicted octanol–water partition coefficient (Wildman–Crippen LogP) is 2.10. The molecule has 154 valence electrons. The molecule has 9 nitrogen and oxygen atoms in total. The van der Waals surface area contributed by atoms with Crippen molar-refractivity contribution in [1.82, 2.24) is 29.9 Å². The molecule has 0 bridgehead atoms. The van der Waals surface area contributed by atoms with Gasteiger partial charge in [0.25, 0.3) is 0 Å². The number of aromatic nitrogens is 6. The van der Waals surface area contributed by atoms with Crippen molar-refractivity contribution in [2.24, 2.45) is 0 Å². The molecule has 1 atom stereocenters. The van der Waals surface area contributed by atoms with Gasteiger partial charge in [-0.25, -0.2) is 4.98 Å². The third kappa shape index (κ3) is 3.31. The lowest BCUT2D eigenvalue weighted by Crippen LogP contribution is -2.44. The van der Waals surface area contributed by atoms with Gasteiger partial charge >= 0.3 is 0 Å². The highest BCUT2D eigenvalue weighted by Gasteiger charge is 2.23. The molecule has 2 N–H and O–H groups in total. The van der Waals surface area contributed by atoms with E-state index < -0.39 is 0 Å². The molecule has 30 heavy (non-hydrogen) atoms. The number of aromatic amines is 1. The van der Waals surface area contributed by atoms with Gasteiger partial charge in [0.2, 0.25) is 0 Å². The Bertz CT molecular complexity index is 1160. The molecule has 5 heterocycles. The number of hydrogen-bond donors (Lipinski definition) is 2. The number of hydrogen-bond acceptors (Lipinski definition) is 7. The third-order valence-electron chi connectivity index (χ3n) is 5.41. The summed E-state index contributed by atoms with van der Waals surface area (Å²) in [5.41, 5.74) is 4.39. The maximum absolute atomic E-state index is 9.25. The van der Waals surface area contributed by atoms with Crippen LogP contribution in [0.4, 0.5) is 5.82 Å². The van der Waals surface area contributed by atoms with E-state index in [1.807, 2.05) is 24.5 Å². The molecule has 5 rings (SSSR count). The van der Waals surface area contributed by atoms with Gasteiger partial charge in [0.05, 0.1) is 44.3 Å². The first-order valence-corrected chi connectivity index (χ1v) is 10.0. The second-order valence-electron chi connectivity index (χ2n) is 7.39. The van der Waals surface area contributed by atoms with Crippen molar-refractivity contribution >= 4 is 16.7 Å². The standard InChI is InChI=1S/C21H23N7O2/c1-14-13-30-9-7-28(14)19-10-17(15-11-24-27(12-15)6-8-29)16-2-4-22-21(20(16)25-19)18-3-5-23-26-18/h2-5,10-12,14,29H,6-9,13H2,1H3,(H,23,26)/t14-/m1/s1. The molecule has 0 unspecified atom stereocenters. The average molecular weight is 405 g/mol. The molecule has 1 aliphatic rings. The number of nitrogens with zero attached hydrogens (tertiary/aromatic N) is 6. The number of anilines is 1. The first-order chi connectivity index (χ1) is 14.7. The lowest BCUT2D eigenvalue weighted by atomic mass is 10.0. The topological polar surface area (TPSA) is 105 Å². The minimum atomic E-state index is 0.0443. The summed E-state index contributed by atoms with van der Waals surface area (Å²) in [5, 5.41) is 21.7. The first-order valence-electron chi connectivity index (χ1n) is 10.0. The van der Waals surface area contributed by atoms with Gasteiger partial charge in [-0.3, -0.25) is 14.8 Å². The Hall–Kier alpha value is -3.30. The third-order valence-corrected chi connectivity index (χ3v) is 5.41.